The molecule has 2 N–H and O–H groups in total. The zero-order chi connectivity index (χ0) is 21.0. The number of fused-ring (bicyclic) bond motifs is 1. The Labute approximate surface area is 172 Å². The lowest BCUT2D eigenvalue weighted by atomic mass is 10.2. The predicted molar refractivity (Wildman–Crippen MR) is 113 cm³/mol. The van der Waals surface area contributed by atoms with Gasteiger partial charge in [-0.25, -0.2) is 4.98 Å². The summed E-state index contributed by atoms with van der Waals surface area (Å²) >= 11 is 6.03. The van der Waals surface area contributed by atoms with Crippen LogP contribution in [-0.4, -0.2) is 33.4 Å². The second kappa shape index (κ2) is 8.86. The van der Waals surface area contributed by atoms with E-state index in [2.05, 4.69) is 15.3 Å². The number of benzene rings is 2. The summed E-state index contributed by atoms with van der Waals surface area (Å²) in [6.07, 6.45) is 0. The molecule has 0 saturated carbocycles. The van der Waals surface area contributed by atoms with Crippen LogP contribution in [0.15, 0.2) is 47.3 Å². The molecule has 0 radical (unpaired) electrons. The Hall–Kier alpha value is -3.21. The molecule has 148 valence electrons. The molecule has 3 rings (SSSR count). The Morgan fingerprint density at radius 3 is 2.79 bits per heavy atom. The van der Waals surface area contributed by atoms with Crippen LogP contribution in [0.1, 0.15) is 25.2 Å². The zero-order valence-corrected chi connectivity index (χ0v) is 16.8. The van der Waals surface area contributed by atoms with E-state index in [1.165, 1.54) is 0 Å². The summed E-state index contributed by atoms with van der Waals surface area (Å²) in [5.74, 6) is 0.271. The minimum absolute atomic E-state index is 0.203. The Bertz CT molecular complexity index is 1150. The van der Waals surface area contributed by atoms with Gasteiger partial charge in [0.25, 0.3) is 5.56 Å². The molecule has 3 aromatic rings. The molecule has 1 amide bonds. The number of H-pyrrole nitrogens is 1. The molecule has 0 bridgehead atoms. The molecule has 2 aromatic carbocycles. The van der Waals surface area contributed by atoms with Gasteiger partial charge in [0.1, 0.15) is 11.9 Å². The monoisotopic (exact) mass is 409 g/mol. The maximum atomic E-state index is 12.7. The standard InChI is InChI=1S/C21H20ClN5O2/c1-3-27(12-19-25-18-7-5-4-6-16(18)21(29)26-19)13(2)20(28)24-15-9-8-14(11-23)17(22)10-15/h4-10,13H,3,12H2,1-2H3,(H,24,28)(H,25,26,29). The summed E-state index contributed by atoms with van der Waals surface area (Å²) in [6, 6.07) is 13.4. The summed E-state index contributed by atoms with van der Waals surface area (Å²) in [6.45, 7) is 4.61. The van der Waals surface area contributed by atoms with Crippen LogP contribution in [-0.2, 0) is 11.3 Å². The fraction of sp³-hybridized carbons (Fsp3) is 0.238. The molecular weight excluding hydrogens is 390 g/mol. The van der Waals surface area contributed by atoms with Gasteiger partial charge in [0.15, 0.2) is 0 Å². The van der Waals surface area contributed by atoms with E-state index in [-0.39, 0.29) is 16.5 Å². The van der Waals surface area contributed by atoms with E-state index in [1.807, 2.05) is 24.0 Å². The average Bonchev–Trinajstić information content (AvgIpc) is 2.71. The van der Waals surface area contributed by atoms with E-state index >= 15 is 0 Å². The first-order valence-electron chi connectivity index (χ1n) is 9.15. The van der Waals surface area contributed by atoms with Crippen molar-refractivity contribution in [2.45, 2.75) is 26.4 Å². The summed E-state index contributed by atoms with van der Waals surface area (Å²) in [4.78, 5) is 34.2. The van der Waals surface area contributed by atoms with Gasteiger partial charge in [-0.15, -0.1) is 0 Å². The number of carbonyl (C=O) groups excluding carboxylic acids is 1. The maximum absolute atomic E-state index is 12.7. The van der Waals surface area contributed by atoms with Crippen LogP contribution in [0.2, 0.25) is 5.02 Å². The van der Waals surface area contributed by atoms with Gasteiger partial charge in [-0.3, -0.25) is 14.5 Å². The number of aromatic nitrogens is 2. The molecule has 8 heteroatoms. The molecule has 0 aliphatic heterocycles. The van der Waals surface area contributed by atoms with Gasteiger partial charge in [0, 0.05) is 5.69 Å². The summed E-state index contributed by atoms with van der Waals surface area (Å²) < 4.78 is 0. The molecule has 0 saturated heterocycles. The van der Waals surface area contributed by atoms with E-state index in [1.54, 1.807) is 43.3 Å². The van der Waals surface area contributed by atoms with Crippen LogP contribution in [0, 0.1) is 11.3 Å². The third kappa shape index (κ3) is 4.62. The number of carbonyl (C=O) groups is 1. The van der Waals surface area contributed by atoms with Crippen LogP contribution >= 0.6 is 11.6 Å². The molecule has 0 fully saturated rings. The summed E-state index contributed by atoms with van der Waals surface area (Å²) in [5.41, 5.74) is 1.27. The lowest BCUT2D eigenvalue weighted by Gasteiger charge is -2.26. The number of anilines is 1. The van der Waals surface area contributed by atoms with E-state index < -0.39 is 6.04 Å². The Kier molecular flexibility index (Phi) is 6.27. The highest BCUT2D eigenvalue weighted by molar-refractivity contribution is 6.32. The second-order valence-electron chi connectivity index (χ2n) is 6.56. The fourth-order valence-corrected chi connectivity index (χ4v) is 3.24. The Morgan fingerprint density at radius 2 is 2.10 bits per heavy atom. The van der Waals surface area contributed by atoms with Crippen LogP contribution in [0.4, 0.5) is 5.69 Å². The van der Waals surface area contributed by atoms with Crippen molar-refractivity contribution in [2.24, 2.45) is 0 Å². The van der Waals surface area contributed by atoms with Crippen molar-refractivity contribution < 1.29 is 4.79 Å². The number of aromatic amines is 1. The Morgan fingerprint density at radius 1 is 1.34 bits per heavy atom. The lowest BCUT2D eigenvalue weighted by Crippen LogP contribution is -2.42. The van der Waals surface area contributed by atoms with E-state index in [9.17, 15) is 9.59 Å². The molecule has 7 nitrogen and oxygen atoms in total. The predicted octanol–water partition coefficient (Wildman–Crippen LogP) is 3.30. The van der Waals surface area contributed by atoms with E-state index in [0.717, 1.165) is 0 Å². The molecular formula is C21H20ClN5O2. The minimum Gasteiger partial charge on any atom is -0.325 e. The number of halogens is 1. The molecule has 29 heavy (non-hydrogen) atoms. The molecule has 0 spiro atoms. The molecule has 0 aliphatic rings. The van der Waals surface area contributed by atoms with Gasteiger partial charge in [-0.2, -0.15) is 5.26 Å². The van der Waals surface area contributed by atoms with Crippen molar-refractivity contribution in [3.8, 4) is 6.07 Å². The van der Waals surface area contributed by atoms with Crippen molar-refractivity contribution in [2.75, 3.05) is 11.9 Å². The highest BCUT2D eigenvalue weighted by Crippen LogP contribution is 2.20. The molecule has 1 aromatic heterocycles. The van der Waals surface area contributed by atoms with Crippen LogP contribution in [0.3, 0.4) is 0 Å². The van der Waals surface area contributed by atoms with Crippen LogP contribution in [0.25, 0.3) is 10.9 Å². The van der Waals surface area contributed by atoms with Crippen molar-refractivity contribution in [3.63, 3.8) is 0 Å². The molecule has 1 heterocycles. The number of likely N-dealkylation sites (N-methyl/N-ethyl adjacent to an activating group) is 1. The quantitative estimate of drug-likeness (QED) is 0.650. The first-order valence-corrected chi connectivity index (χ1v) is 9.53. The molecule has 1 atom stereocenters. The van der Waals surface area contributed by atoms with Crippen molar-refractivity contribution in [1.82, 2.24) is 14.9 Å². The average molecular weight is 410 g/mol. The highest BCUT2D eigenvalue weighted by Gasteiger charge is 2.21. The number of hydrogen-bond donors (Lipinski definition) is 2. The third-order valence-electron chi connectivity index (χ3n) is 4.71. The smallest absolute Gasteiger partial charge is 0.258 e. The summed E-state index contributed by atoms with van der Waals surface area (Å²) in [5, 5.41) is 12.6. The number of nitriles is 1. The van der Waals surface area contributed by atoms with Gasteiger partial charge in [-0.1, -0.05) is 30.7 Å². The van der Waals surface area contributed by atoms with E-state index in [0.29, 0.717) is 41.1 Å². The van der Waals surface area contributed by atoms with Gasteiger partial charge in [0.05, 0.1) is 34.1 Å². The first-order chi connectivity index (χ1) is 13.9. The number of rotatable bonds is 6. The number of para-hydroxylation sites is 1. The number of nitrogens with zero attached hydrogens (tertiary/aromatic N) is 3. The number of nitrogens with one attached hydrogen (secondary N) is 2. The van der Waals surface area contributed by atoms with Gasteiger partial charge < -0.3 is 10.3 Å². The van der Waals surface area contributed by atoms with Crippen molar-refractivity contribution >= 4 is 34.1 Å². The fourth-order valence-electron chi connectivity index (χ4n) is 3.02. The minimum atomic E-state index is -0.480. The number of amides is 1. The second-order valence-corrected chi connectivity index (χ2v) is 6.97. The van der Waals surface area contributed by atoms with E-state index in [4.69, 9.17) is 16.9 Å². The van der Waals surface area contributed by atoms with Gasteiger partial charge in [-0.05, 0) is 43.8 Å². The van der Waals surface area contributed by atoms with Crippen molar-refractivity contribution in [1.29, 1.82) is 5.26 Å². The van der Waals surface area contributed by atoms with Crippen molar-refractivity contribution in [3.05, 3.63) is 69.2 Å². The van der Waals surface area contributed by atoms with Crippen LogP contribution in [0.5, 0.6) is 0 Å². The van der Waals surface area contributed by atoms with Gasteiger partial charge in [0.2, 0.25) is 5.91 Å². The van der Waals surface area contributed by atoms with Gasteiger partial charge >= 0.3 is 0 Å². The third-order valence-corrected chi connectivity index (χ3v) is 5.02. The molecule has 0 aliphatic carbocycles. The SMILES string of the molecule is CCN(Cc1nc2ccccc2c(=O)[nH]1)C(C)C(=O)Nc1ccc(C#N)c(Cl)c1. The molecule has 1 unspecified atom stereocenters. The Balaban J connectivity index is 1.75. The largest absolute Gasteiger partial charge is 0.325 e. The number of hydrogen-bond acceptors (Lipinski definition) is 5. The summed E-state index contributed by atoms with van der Waals surface area (Å²) in [7, 11) is 0. The normalized spacial score (nSPS) is 12.0. The highest BCUT2D eigenvalue weighted by atomic mass is 35.5. The lowest BCUT2D eigenvalue weighted by molar-refractivity contribution is -0.120. The topological polar surface area (TPSA) is 102 Å². The maximum Gasteiger partial charge on any atom is 0.258 e. The van der Waals surface area contributed by atoms with Crippen LogP contribution < -0.4 is 10.9 Å². The zero-order valence-electron chi connectivity index (χ0n) is 16.1. The first kappa shape index (κ1) is 20.5.